The van der Waals surface area contributed by atoms with E-state index < -0.39 is 34.6 Å². The van der Waals surface area contributed by atoms with Crippen molar-refractivity contribution in [2.24, 2.45) is 4.99 Å². The average Bonchev–Trinajstić information content (AvgIpc) is 3.67. The van der Waals surface area contributed by atoms with Crippen LogP contribution in [0.3, 0.4) is 0 Å². The molecule has 0 bridgehead atoms. The number of benzene rings is 2. The zero-order valence-electron chi connectivity index (χ0n) is 22.7. The molecule has 3 heterocycles. The molecule has 0 spiro atoms. The third-order valence-electron chi connectivity index (χ3n) is 6.66. The van der Waals surface area contributed by atoms with Crippen LogP contribution in [0.25, 0.3) is 17.0 Å². The highest BCUT2D eigenvalue weighted by molar-refractivity contribution is 6.50. The van der Waals surface area contributed by atoms with Crippen LogP contribution in [0, 0.1) is 0 Å². The predicted molar refractivity (Wildman–Crippen MR) is 156 cm³/mol. The Morgan fingerprint density at radius 1 is 1.15 bits per heavy atom. The van der Waals surface area contributed by atoms with Gasteiger partial charge in [-0.1, -0.05) is 35.9 Å². The number of hydrogen-bond acceptors (Lipinski definition) is 7. The third-order valence-corrected chi connectivity index (χ3v) is 6.91. The van der Waals surface area contributed by atoms with E-state index >= 15 is 0 Å². The van der Waals surface area contributed by atoms with Crippen LogP contribution < -0.4 is 0 Å². The van der Waals surface area contributed by atoms with E-state index in [1.165, 1.54) is 24.4 Å². The van der Waals surface area contributed by atoms with E-state index in [-0.39, 0.29) is 12.2 Å². The molecule has 3 aromatic rings. The summed E-state index contributed by atoms with van der Waals surface area (Å²) in [6.45, 7) is 5.57. The summed E-state index contributed by atoms with van der Waals surface area (Å²) in [7, 11) is 0. The van der Waals surface area contributed by atoms with E-state index in [9.17, 15) is 19.2 Å². The summed E-state index contributed by atoms with van der Waals surface area (Å²) in [5.41, 5.74) is 0.266. The normalized spacial score (nSPS) is 18.2. The number of ketones is 2. The number of allylic oxidation sites excluding steroid dienone is 1. The standard InChI is InChI=1S/C32H27ClN2O6/c1-31(2,3)41-26(36)13-10-21-6-4-7-25-28(21)24(18-35(25)17-20-8-11-23(33)12-9-20)29(38)30(39)32(14-5-15-34-32)22-16-27(37)40-19-22/h4-16,18H,17,19H2,1-3H3. The van der Waals surface area contributed by atoms with E-state index in [1.807, 2.05) is 28.8 Å². The second-order valence-electron chi connectivity index (χ2n) is 10.7. The van der Waals surface area contributed by atoms with Crippen molar-refractivity contribution in [1.29, 1.82) is 0 Å². The van der Waals surface area contributed by atoms with Gasteiger partial charge in [0.15, 0.2) is 5.54 Å². The molecule has 0 radical (unpaired) electrons. The number of nitrogens with zero attached hydrogens (tertiary/aromatic N) is 2. The summed E-state index contributed by atoms with van der Waals surface area (Å²) < 4.78 is 12.3. The van der Waals surface area contributed by atoms with Crippen LogP contribution in [-0.4, -0.2) is 52.0 Å². The lowest BCUT2D eigenvalue weighted by Gasteiger charge is -2.22. The molecule has 2 aliphatic heterocycles. The minimum absolute atomic E-state index is 0.137. The molecule has 9 heteroatoms. The molecule has 2 aliphatic rings. The Hall–Kier alpha value is -4.56. The molecule has 0 saturated heterocycles. The van der Waals surface area contributed by atoms with Gasteiger partial charge in [-0.15, -0.1) is 0 Å². The monoisotopic (exact) mass is 570 g/mol. The number of halogens is 1. The van der Waals surface area contributed by atoms with Gasteiger partial charge in [0, 0.05) is 52.6 Å². The molecule has 41 heavy (non-hydrogen) atoms. The zero-order chi connectivity index (χ0) is 29.4. The van der Waals surface area contributed by atoms with Crippen LogP contribution in [-0.2, 0) is 30.4 Å². The van der Waals surface area contributed by atoms with Gasteiger partial charge in [-0.05, 0) is 68.3 Å². The second kappa shape index (κ2) is 10.8. The van der Waals surface area contributed by atoms with Crippen molar-refractivity contribution < 1.29 is 28.7 Å². The van der Waals surface area contributed by atoms with Crippen LogP contribution in [0.15, 0.2) is 83.5 Å². The van der Waals surface area contributed by atoms with Gasteiger partial charge >= 0.3 is 11.9 Å². The summed E-state index contributed by atoms with van der Waals surface area (Å²) in [6.07, 6.45) is 10.2. The van der Waals surface area contributed by atoms with E-state index in [2.05, 4.69) is 4.99 Å². The van der Waals surface area contributed by atoms with Gasteiger partial charge < -0.3 is 14.0 Å². The maximum atomic E-state index is 14.0. The van der Waals surface area contributed by atoms with Crippen molar-refractivity contribution in [2.45, 2.75) is 38.5 Å². The average molecular weight is 571 g/mol. The maximum Gasteiger partial charge on any atom is 0.331 e. The Bertz CT molecular complexity index is 1690. The molecule has 8 nitrogen and oxygen atoms in total. The van der Waals surface area contributed by atoms with Crippen molar-refractivity contribution in [3.8, 4) is 0 Å². The largest absolute Gasteiger partial charge is 0.458 e. The van der Waals surface area contributed by atoms with Gasteiger partial charge in [-0.25, -0.2) is 9.59 Å². The molecule has 0 fully saturated rings. The Kier molecular flexibility index (Phi) is 7.36. The summed E-state index contributed by atoms with van der Waals surface area (Å²) in [4.78, 5) is 56.5. The van der Waals surface area contributed by atoms with Gasteiger partial charge in [0.25, 0.3) is 0 Å². The van der Waals surface area contributed by atoms with E-state index in [4.69, 9.17) is 21.1 Å². The SMILES string of the molecule is CC(C)(C)OC(=O)C=Cc1cccc2c1c(C(=O)C(=O)C1(C3=CC(=O)OC3)C=CC=N1)cn2Cc1ccc(Cl)cc1. The number of carbonyl (C=O) groups is 4. The molecule has 208 valence electrons. The fraction of sp³-hybridized carbons (Fsp3) is 0.219. The first-order valence-corrected chi connectivity index (χ1v) is 13.3. The molecule has 0 amide bonds. The smallest absolute Gasteiger partial charge is 0.331 e. The molecule has 1 aromatic heterocycles. The minimum atomic E-state index is -1.66. The lowest BCUT2D eigenvalue weighted by Crippen LogP contribution is -2.41. The van der Waals surface area contributed by atoms with Crippen molar-refractivity contribution in [3.05, 3.63) is 100 Å². The molecule has 0 saturated carbocycles. The summed E-state index contributed by atoms with van der Waals surface area (Å²) in [5, 5.41) is 1.09. The van der Waals surface area contributed by atoms with E-state index in [0.29, 0.717) is 33.6 Å². The fourth-order valence-corrected chi connectivity index (χ4v) is 4.97. The van der Waals surface area contributed by atoms with E-state index in [1.54, 1.807) is 57.3 Å². The number of Topliss-reactive ketones (excluding diaryl/α,β-unsaturated/α-hetero) is 2. The van der Waals surface area contributed by atoms with E-state index in [0.717, 1.165) is 5.56 Å². The molecule has 2 aromatic carbocycles. The Labute approximate surface area is 241 Å². The van der Waals surface area contributed by atoms with Crippen molar-refractivity contribution in [3.63, 3.8) is 0 Å². The molecule has 1 atom stereocenters. The lowest BCUT2D eigenvalue weighted by molar-refractivity contribution is -0.148. The zero-order valence-corrected chi connectivity index (χ0v) is 23.5. The van der Waals surface area contributed by atoms with Gasteiger partial charge in [0.2, 0.25) is 11.6 Å². The van der Waals surface area contributed by atoms with Gasteiger partial charge in [-0.3, -0.25) is 14.6 Å². The van der Waals surface area contributed by atoms with Crippen LogP contribution in [0.4, 0.5) is 0 Å². The number of ether oxygens (including phenoxy) is 2. The number of cyclic esters (lactones) is 1. The Balaban J connectivity index is 1.61. The molecule has 0 aliphatic carbocycles. The number of hydrogen-bond donors (Lipinski definition) is 0. The number of esters is 2. The van der Waals surface area contributed by atoms with Crippen LogP contribution in [0.1, 0.15) is 42.3 Å². The van der Waals surface area contributed by atoms with Crippen LogP contribution >= 0.6 is 11.6 Å². The summed E-state index contributed by atoms with van der Waals surface area (Å²) in [5.74, 6) is -2.74. The summed E-state index contributed by atoms with van der Waals surface area (Å²) in [6, 6.07) is 12.7. The quantitative estimate of drug-likeness (QED) is 0.157. The number of aromatic nitrogens is 1. The van der Waals surface area contributed by atoms with Crippen LogP contribution in [0.5, 0.6) is 0 Å². The molecular formula is C32H27ClN2O6. The van der Waals surface area contributed by atoms with Crippen LogP contribution in [0.2, 0.25) is 5.02 Å². The third kappa shape index (κ3) is 5.69. The summed E-state index contributed by atoms with van der Waals surface area (Å²) >= 11 is 6.06. The number of aliphatic imine (C=N–C) groups is 1. The highest BCUT2D eigenvalue weighted by Gasteiger charge is 2.47. The number of carbonyl (C=O) groups excluding carboxylic acids is 4. The van der Waals surface area contributed by atoms with Gasteiger partial charge in [-0.2, -0.15) is 0 Å². The van der Waals surface area contributed by atoms with Gasteiger partial charge in [0.1, 0.15) is 12.2 Å². The first-order valence-electron chi connectivity index (χ1n) is 12.9. The first-order chi connectivity index (χ1) is 19.5. The second-order valence-corrected chi connectivity index (χ2v) is 11.2. The molecular weight excluding hydrogens is 544 g/mol. The minimum Gasteiger partial charge on any atom is -0.458 e. The van der Waals surface area contributed by atoms with Gasteiger partial charge in [0.05, 0.1) is 5.56 Å². The Morgan fingerprint density at radius 3 is 2.54 bits per heavy atom. The molecule has 0 N–H and O–H groups in total. The Morgan fingerprint density at radius 2 is 1.90 bits per heavy atom. The van der Waals surface area contributed by atoms with Crippen molar-refractivity contribution in [1.82, 2.24) is 4.57 Å². The topological polar surface area (TPSA) is 104 Å². The number of rotatable bonds is 8. The highest BCUT2D eigenvalue weighted by Crippen LogP contribution is 2.34. The number of fused-ring (bicyclic) bond motifs is 1. The molecule has 1 unspecified atom stereocenters. The van der Waals surface area contributed by atoms with Crippen molar-refractivity contribution in [2.75, 3.05) is 6.61 Å². The highest BCUT2D eigenvalue weighted by atomic mass is 35.5. The lowest BCUT2D eigenvalue weighted by atomic mass is 9.83. The first kappa shape index (κ1) is 28.0. The predicted octanol–water partition coefficient (Wildman–Crippen LogP) is 5.31. The molecule has 5 rings (SSSR count). The van der Waals surface area contributed by atoms with Crippen molar-refractivity contribution >= 4 is 58.3 Å². The maximum absolute atomic E-state index is 14.0. The fourth-order valence-electron chi connectivity index (χ4n) is 4.85.